The molecule has 0 saturated carbocycles. The minimum Gasteiger partial charge on any atom is -0.381 e. The van der Waals surface area contributed by atoms with Crippen molar-refractivity contribution in [2.75, 3.05) is 26.3 Å². The summed E-state index contributed by atoms with van der Waals surface area (Å²) in [6.07, 6.45) is 11.0. The van der Waals surface area contributed by atoms with Crippen molar-refractivity contribution in [2.24, 2.45) is 5.92 Å². The summed E-state index contributed by atoms with van der Waals surface area (Å²) in [5.41, 5.74) is 1.35. The largest absolute Gasteiger partial charge is 0.381 e. The highest BCUT2D eigenvalue weighted by Crippen LogP contribution is 2.03. The van der Waals surface area contributed by atoms with Crippen molar-refractivity contribution in [3.8, 4) is 0 Å². The molecule has 1 heterocycles. The summed E-state index contributed by atoms with van der Waals surface area (Å²) in [5, 5.41) is 3.48. The Hall–Kier alpha value is -0.930. The lowest BCUT2D eigenvalue weighted by molar-refractivity contribution is 0.127. The third-order valence-electron chi connectivity index (χ3n) is 3.45. The molecule has 21 heavy (non-hydrogen) atoms. The van der Waals surface area contributed by atoms with Crippen molar-refractivity contribution in [3.63, 3.8) is 0 Å². The van der Waals surface area contributed by atoms with Crippen molar-refractivity contribution < 1.29 is 4.74 Å². The lowest BCUT2D eigenvalue weighted by atomic mass is 10.1. The fraction of sp³-hybridized carbons (Fsp3) is 0.722. The van der Waals surface area contributed by atoms with Gasteiger partial charge in [0, 0.05) is 25.6 Å². The number of nitrogens with zero attached hydrogens (tertiary/aromatic N) is 1. The highest BCUT2D eigenvalue weighted by atomic mass is 16.5. The Bertz CT molecular complexity index is 327. The number of ether oxygens (including phenoxy) is 1. The number of aromatic nitrogens is 1. The Morgan fingerprint density at radius 2 is 1.71 bits per heavy atom. The topological polar surface area (TPSA) is 34.1 Å². The van der Waals surface area contributed by atoms with Crippen LogP contribution in [0.15, 0.2) is 24.5 Å². The van der Waals surface area contributed by atoms with Crippen LogP contribution >= 0.6 is 0 Å². The summed E-state index contributed by atoms with van der Waals surface area (Å²) in [6.45, 7) is 8.58. The van der Waals surface area contributed by atoms with E-state index >= 15 is 0 Å². The first-order valence-corrected chi connectivity index (χ1v) is 8.46. The summed E-state index contributed by atoms with van der Waals surface area (Å²) in [4.78, 5) is 4.02. The maximum atomic E-state index is 5.68. The van der Waals surface area contributed by atoms with Crippen LogP contribution in [-0.4, -0.2) is 31.3 Å². The molecule has 0 bridgehead atoms. The van der Waals surface area contributed by atoms with Crippen LogP contribution in [0.2, 0.25) is 0 Å². The van der Waals surface area contributed by atoms with Gasteiger partial charge in [0.2, 0.25) is 0 Å². The van der Waals surface area contributed by atoms with Crippen molar-refractivity contribution in [3.05, 3.63) is 30.1 Å². The van der Waals surface area contributed by atoms with Crippen LogP contribution in [-0.2, 0) is 11.2 Å². The fourth-order valence-corrected chi connectivity index (χ4v) is 2.23. The second kappa shape index (κ2) is 12.8. The van der Waals surface area contributed by atoms with Crippen molar-refractivity contribution in [1.82, 2.24) is 10.3 Å². The highest BCUT2D eigenvalue weighted by Gasteiger charge is 1.95. The Balaban J connectivity index is 1.77. The van der Waals surface area contributed by atoms with E-state index in [1.165, 1.54) is 31.2 Å². The molecule has 120 valence electrons. The minimum atomic E-state index is 0.755. The molecule has 0 saturated heterocycles. The van der Waals surface area contributed by atoms with Gasteiger partial charge in [-0.2, -0.15) is 0 Å². The zero-order valence-corrected chi connectivity index (χ0v) is 13.8. The third-order valence-corrected chi connectivity index (χ3v) is 3.45. The first-order valence-electron chi connectivity index (χ1n) is 8.46. The van der Waals surface area contributed by atoms with Gasteiger partial charge in [0.05, 0.1) is 0 Å². The second-order valence-electron chi connectivity index (χ2n) is 6.08. The zero-order valence-electron chi connectivity index (χ0n) is 13.8. The SMILES string of the molecule is CC(C)CNCCCCCCOCCCc1ccncc1. The predicted molar refractivity (Wildman–Crippen MR) is 89.6 cm³/mol. The molecule has 0 aliphatic rings. The first-order chi connectivity index (χ1) is 10.3. The molecular formula is C18H32N2O. The molecule has 0 atom stereocenters. The lowest BCUT2D eigenvalue weighted by Gasteiger charge is -2.07. The lowest BCUT2D eigenvalue weighted by Crippen LogP contribution is -2.20. The molecular weight excluding hydrogens is 260 g/mol. The number of hydrogen-bond donors (Lipinski definition) is 1. The van der Waals surface area contributed by atoms with Crippen LogP contribution in [0, 0.1) is 5.92 Å². The molecule has 0 radical (unpaired) electrons. The predicted octanol–water partition coefficient (Wildman–Crippen LogP) is 3.84. The number of nitrogens with one attached hydrogen (secondary N) is 1. The van der Waals surface area contributed by atoms with E-state index in [4.69, 9.17) is 4.74 Å². The maximum Gasteiger partial charge on any atom is 0.0469 e. The second-order valence-corrected chi connectivity index (χ2v) is 6.08. The highest BCUT2D eigenvalue weighted by molar-refractivity contribution is 5.09. The normalized spacial score (nSPS) is 11.2. The monoisotopic (exact) mass is 292 g/mol. The summed E-state index contributed by atoms with van der Waals surface area (Å²) >= 11 is 0. The molecule has 0 amide bonds. The molecule has 0 spiro atoms. The average Bonchev–Trinajstić information content (AvgIpc) is 2.49. The van der Waals surface area contributed by atoms with Gasteiger partial charge in [0.15, 0.2) is 0 Å². The van der Waals surface area contributed by atoms with Crippen molar-refractivity contribution in [1.29, 1.82) is 0 Å². The molecule has 1 aromatic heterocycles. The quantitative estimate of drug-likeness (QED) is 0.561. The Labute approximate surface area is 130 Å². The van der Waals surface area contributed by atoms with Gasteiger partial charge in [0.1, 0.15) is 0 Å². The molecule has 1 N–H and O–H groups in total. The van der Waals surface area contributed by atoms with E-state index in [0.717, 1.165) is 45.1 Å². The molecule has 3 heteroatoms. The van der Waals surface area contributed by atoms with Crippen LogP contribution in [0.4, 0.5) is 0 Å². The first kappa shape index (κ1) is 18.1. The Kier molecular flexibility index (Phi) is 11.0. The van der Waals surface area contributed by atoms with Crippen LogP contribution < -0.4 is 5.32 Å². The van der Waals surface area contributed by atoms with E-state index in [2.05, 4.69) is 36.3 Å². The number of aryl methyl sites for hydroxylation is 1. The van der Waals surface area contributed by atoms with Crippen LogP contribution in [0.3, 0.4) is 0 Å². The molecule has 0 aromatic carbocycles. The van der Waals surface area contributed by atoms with E-state index < -0.39 is 0 Å². The summed E-state index contributed by atoms with van der Waals surface area (Å²) in [5.74, 6) is 0.755. The standard InChI is InChI=1S/C18H32N2O/c1-17(2)16-20-11-5-3-4-6-14-21-15-7-8-18-9-12-19-13-10-18/h9-10,12-13,17,20H,3-8,11,14-16H2,1-2H3. The molecule has 3 nitrogen and oxygen atoms in total. The van der Waals surface area contributed by atoms with E-state index in [1.807, 2.05) is 12.4 Å². The van der Waals surface area contributed by atoms with Crippen LogP contribution in [0.25, 0.3) is 0 Å². The minimum absolute atomic E-state index is 0.755. The van der Waals surface area contributed by atoms with Gasteiger partial charge in [0.25, 0.3) is 0 Å². The van der Waals surface area contributed by atoms with Gasteiger partial charge < -0.3 is 10.1 Å². The van der Waals surface area contributed by atoms with Crippen molar-refractivity contribution in [2.45, 2.75) is 52.4 Å². The summed E-state index contributed by atoms with van der Waals surface area (Å²) < 4.78 is 5.68. The zero-order chi connectivity index (χ0) is 15.2. The molecule has 0 fully saturated rings. The summed E-state index contributed by atoms with van der Waals surface area (Å²) in [7, 11) is 0. The van der Waals surface area contributed by atoms with Gasteiger partial charge in [-0.25, -0.2) is 0 Å². The smallest absolute Gasteiger partial charge is 0.0469 e. The number of rotatable bonds is 13. The molecule has 0 unspecified atom stereocenters. The van der Waals surface area contributed by atoms with E-state index in [1.54, 1.807) is 0 Å². The van der Waals surface area contributed by atoms with Gasteiger partial charge >= 0.3 is 0 Å². The van der Waals surface area contributed by atoms with Gasteiger partial charge in [-0.3, -0.25) is 4.98 Å². The molecule has 0 aliphatic carbocycles. The Morgan fingerprint density at radius 3 is 2.48 bits per heavy atom. The number of unbranched alkanes of at least 4 members (excludes halogenated alkanes) is 3. The van der Waals surface area contributed by atoms with E-state index in [9.17, 15) is 0 Å². The van der Waals surface area contributed by atoms with Crippen molar-refractivity contribution >= 4 is 0 Å². The maximum absolute atomic E-state index is 5.68. The Morgan fingerprint density at radius 1 is 1.00 bits per heavy atom. The molecule has 1 aromatic rings. The van der Waals surface area contributed by atoms with Gasteiger partial charge in [-0.15, -0.1) is 0 Å². The average molecular weight is 292 g/mol. The number of hydrogen-bond acceptors (Lipinski definition) is 3. The van der Waals surface area contributed by atoms with E-state index in [0.29, 0.717) is 0 Å². The van der Waals surface area contributed by atoms with E-state index in [-0.39, 0.29) is 0 Å². The molecule has 1 rings (SSSR count). The van der Waals surface area contributed by atoms with Gasteiger partial charge in [-0.05, 0) is 62.4 Å². The van der Waals surface area contributed by atoms with Gasteiger partial charge in [-0.1, -0.05) is 26.7 Å². The van der Waals surface area contributed by atoms with Crippen LogP contribution in [0.5, 0.6) is 0 Å². The summed E-state index contributed by atoms with van der Waals surface area (Å²) in [6, 6.07) is 4.15. The number of pyridine rings is 1. The molecule has 0 aliphatic heterocycles. The fourth-order valence-electron chi connectivity index (χ4n) is 2.23. The van der Waals surface area contributed by atoms with Crippen LogP contribution in [0.1, 0.15) is 51.5 Å². The third kappa shape index (κ3) is 11.4.